The van der Waals surface area contributed by atoms with Gasteiger partial charge in [-0.25, -0.2) is 8.42 Å². The normalized spacial score (nSPS) is 12.3. The molecule has 0 aliphatic carbocycles. The highest BCUT2D eigenvalue weighted by Crippen LogP contribution is 2.16. The van der Waals surface area contributed by atoms with Gasteiger partial charge >= 0.3 is 0 Å². The molecule has 0 aromatic carbocycles. The Bertz CT molecular complexity index is 453. The van der Waals surface area contributed by atoms with E-state index in [4.69, 9.17) is 11.6 Å². The van der Waals surface area contributed by atoms with Crippen molar-refractivity contribution in [1.82, 2.24) is 14.8 Å². The van der Waals surface area contributed by atoms with E-state index in [9.17, 15) is 8.42 Å². The molecule has 16 heavy (non-hydrogen) atoms. The summed E-state index contributed by atoms with van der Waals surface area (Å²) in [6.45, 7) is 5.87. The van der Waals surface area contributed by atoms with Crippen LogP contribution >= 0.6 is 11.6 Å². The number of halogens is 1. The van der Waals surface area contributed by atoms with Gasteiger partial charge in [0.15, 0.2) is 9.84 Å². The van der Waals surface area contributed by atoms with Crippen LogP contribution in [0, 0.1) is 0 Å². The van der Waals surface area contributed by atoms with Crippen LogP contribution in [0.25, 0.3) is 0 Å². The molecule has 0 saturated heterocycles. The smallest absolute Gasteiger partial charge is 0.225 e. The summed E-state index contributed by atoms with van der Waals surface area (Å²) in [5, 5.41) is 7.92. The first-order chi connectivity index (χ1) is 7.37. The molecule has 0 N–H and O–H groups in total. The van der Waals surface area contributed by atoms with Crippen molar-refractivity contribution in [3.05, 3.63) is 11.1 Å². The molecule has 1 rings (SSSR count). The number of hydrogen-bond acceptors (Lipinski definition) is 4. The highest BCUT2D eigenvalue weighted by atomic mass is 35.5. The molecule has 0 atom stereocenters. The molecule has 0 unspecified atom stereocenters. The molecular weight excluding hydrogens is 250 g/mol. The van der Waals surface area contributed by atoms with E-state index in [1.54, 1.807) is 11.5 Å². The zero-order chi connectivity index (χ0) is 12.3. The van der Waals surface area contributed by atoms with Crippen LogP contribution in [-0.2, 0) is 16.4 Å². The lowest BCUT2D eigenvalue weighted by atomic mass is 10.2. The minimum atomic E-state index is -2.99. The fourth-order valence-electron chi connectivity index (χ4n) is 1.30. The van der Waals surface area contributed by atoms with Gasteiger partial charge in [-0.15, -0.1) is 10.2 Å². The van der Waals surface area contributed by atoms with Crippen molar-refractivity contribution in [2.24, 2.45) is 0 Å². The summed E-state index contributed by atoms with van der Waals surface area (Å²) in [7, 11) is -2.99. The lowest BCUT2D eigenvalue weighted by Crippen LogP contribution is -2.16. The van der Waals surface area contributed by atoms with Gasteiger partial charge in [-0.05, 0) is 11.6 Å². The van der Waals surface area contributed by atoms with E-state index >= 15 is 0 Å². The van der Waals surface area contributed by atoms with Crippen LogP contribution in [0.3, 0.4) is 0 Å². The molecule has 0 aliphatic rings. The fraction of sp³-hybridized carbons (Fsp3) is 0.778. The molecule has 7 heteroatoms. The van der Waals surface area contributed by atoms with Crippen LogP contribution in [0.2, 0.25) is 5.28 Å². The summed E-state index contributed by atoms with van der Waals surface area (Å²) in [6.07, 6.45) is 0. The maximum Gasteiger partial charge on any atom is 0.225 e. The predicted octanol–water partition coefficient (Wildman–Crippen LogP) is 1.49. The summed E-state index contributed by atoms with van der Waals surface area (Å²) in [4.78, 5) is 0. The van der Waals surface area contributed by atoms with E-state index < -0.39 is 9.84 Å². The Labute approximate surface area is 101 Å². The van der Waals surface area contributed by atoms with E-state index in [2.05, 4.69) is 10.2 Å². The third-order valence-electron chi connectivity index (χ3n) is 2.32. The number of nitrogens with zero attached hydrogens (tertiary/aromatic N) is 3. The SMILES string of the molecule is CCS(=O)(=O)CCn1c(Cl)nnc1C(C)C. The van der Waals surface area contributed by atoms with E-state index in [-0.39, 0.29) is 22.7 Å². The third kappa shape index (κ3) is 3.18. The quantitative estimate of drug-likeness (QED) is 0.809. The van der Waals surface area contributed by atoms with Crippen LogP contribution in [0.1, 0.15) is 32.5 Å². The summed E-state index contributed by atoms with van der Waals surface area (Å²) < 4.78 is 24.4. The Hall–Kier alpha value is -0.620. The molecule has 1 aromatic rings. The lowest BCUT2D eigenvalue weighted by molar-refractivity contribution is 0.584. The molecule has 0 aliphatic heterocycles. The molecular formula is C9H16ClN3O2S. The number of sulfone groups is 1. The van der Waals surface area contributed by atoms with E-state index in [1.807, 2.05) is 13.8 Å². The highest BCUT2D eigenvalue weighted by molar-refractivity contribution is 7.91. The fourth-order valence-corrected chi connectivity index (χ4v) is 2.26. The van der Waals surface area contributed by atoms with Crippen molar-refractivity contribution in [3.63, 3.8) is 0 Å². The average molecular weight is 266 g/mol. The van der Waals surface area contributed by atoms with Gasteiger partial charge in [-0.1, -0.05) is 20.8 Å². The molecule has 1 heterocycles. The monoisotopic (exact) mass is 265 g/mol. The Morgan fingerprint density at radius 2 is 2.00 bits per heavy atom. The van der Waals surface area contributed by atoms with Crippen LogP contribution < -0.4 is 0 Å². The van der Waals surface area contributed by atoms with E-state index in [1.165, 1.54) is 0 Å². The molecule has 0 fully saturated rings. The molecule has 0 bridgehead atoms. The van der Waals surface area contributed by atoms with Gasteiger partial charge in [-0.3, -0.25) is 0 Å². The maximum atomic E-state index is 11.4. The van der Waals surface area contributed by atoms with Crippen LogP contribution in [0.15, 0.2) is 0 Å². The highest BCUT2D eigenvalue weighted by Gasteiger charge is 2.15. The first-order valence-electron chi connectivity index (χ1n) is 5.16. The Morgan fingerprint density at radius 3 is 2.50 bits per heavy atom. The Kier molecular flexibility index (Phi) is 4.32. The zero-order valence-electron chi connectivity index (χ0n) is 9.64. The summed E-state index contributed by atoms with van der Waals surface area (Å²) in [6, 6.07) is 0. The molecule has 1 aromatic heterocycles. The zero-order valence-corrected chi connectivity index (χ0v) is 11.2. The first-order valence-corrected chi connectivity index (χ1v) is 7.36. The molecule has 0 radical (unpaired) electrons. The van der Waals surface area contributed by atoms with Crippen LogP contribution in [0.5, 0.6) is 0 Å². The van der Waals surface area contributed by atoms with Gasteiger partial charge in [0.25, 0.3) is 0 Å². The second-order valence-electron chi connectivity index (χ2n) is 3.87. The van der Waals surface area contributed by atoms with Gasteiger partial charge in [-0.2, -0.15) is 0 Å². The standard InChI is InChI=1S/C9H16ClN3O2S/c1-4-16(14,15)6-5-13-8(7(2)3)11-12-9(13)10/h7H,4-6H2,1-3H3. The van der Waals surface area contributed by atoms with Gasteiger partial charge in [0.05, 0.1) is 5.75 Å². The molecule has 92 valence electrons. The minimum Gasteiger partial charge on any atom is -0.301 e. The van der Waals surface area contributed by atoms with Gasteiger partial charge in [0.1, 0.15) is 5.82 Å². The summed E-state index contributed by atoms with van der Waals surface area (Å²) >= 11 is 5.86. The van der Waals surface area contributed by atoms with Crippen molar-refractivity contribution in [1.29, 1.82) is 0 Å². The van der Waals surface area contributed by atoms with Crippen LogP contribution in [-0.4, -0.2) is 34.7 Å². The number of aromatic nitrogens is 3. The van der Waals surface area contributed by atoms with Crippen molar-refractivity contribution in [2.75, 3.05) is 11.5 Å². The van der Waals surface area contributed by atoms with E-state index in [0.29, 0.717) is 6.54 Å². The number of hydrogen-bond donors (Lipinski definition) is 0. The van der Waals surface area contributed by atoms with Crippen molar-refractivity contribution in [3.8, 4) is 0 Å². The maximum absolute atomic E-state index is 11.4. The largest absolute Gasteiger partial charge is 0.301 e. The molecule has 0 saturated carbocycles. The Balaban J connectivity index is 2.85. The van der Waals surface area contributed by atoms with Crippen molar-refractivity contribution in [2.45, 2.75) is 33.2 Å². The minimum absolute atomic E-state index is 0.0704. The molecule has 0 amide bonds. The second kappa shape index (κ2) is 5.14. The summed E-state index contributed by atoms with van der Waals surface area (Å²) in [5.41, 5.74) is 0. The topological polar surface area (TPSA) is 64.8 Å². The Morgan fingerprint density at radius 1 is 1.38 bits per heavy atom. The predicted molar refractivity (Wildman–Crippen MR) is 63.4 cm³/mol. The van der Waals surface area contributed by atoms with Gasteiger partial charge < -0.3 is 4.57 Å². The van der Waals surface area contributed by atoms with Gasteiger partial charge in [0, 0.05) is 18.2 Å². The summed E-state index contributed by atoms with van der Waals surface area (Å²) in [5.74, 6) is 1.10. The average Bonchev–Trinajstić information content (AvgIpc) is 2.57. The first kappa shape index (κ1) is 13.4. The third-order valence-corrected chi connectivity index (χ3v) is 4.28. The lowest BCUT2D eigenvalue weighted by Gasteiger charge is -2.09. The van der Waals surface area contributed by atoms with E-state index in [0.717, 1.165) is 5.82 Å². The van der Waals surface area contributed by atoms with Crippen LogP contribution in [0.4, 0.5) is 0 Å². The van der Waals surface area contributed by atoms with Crippen molar-refractivity contribution >= 4 is 21.4 Å². The molecule has 5 nitrogen and oxygen atoms in total. The van der Waals surface area contributed by atoms with Crippen molar-refractivity contribution < 1.29 is 8.42 Å². The van der Waals surface area contributed by atoms with Gasteiger partial charge in [0.2, 0.25) is 5.28 Å². The second-order valence-corrected chi connectivity index (χ2v) is 6.68. The number of rotatable bonds is 5. The molecule has 0 spiro atoms.